The van der Waals surface area contributed by atoms with Crippen molar-refractivity contribution in [2.75, 3.05) is 23.8 Å². The highest BCUT2D eigenvalue weighted by Gasteiger charge is 2.08. The van der Waals surface area contributed by atoms with Gasteiger partial charge < -0.3 is 25.1 Å². The second-order valence-corrected chi connectivity index (χ2v) is 7.68. The summed E-state index contributed by atoms with van der Waals surface area (Å²) in [6.45, 7) is 3.28. The molecule has 3 rings (SSSR count). The Bertz CT molecular complexity index is 1000. The topological polar surface area (TPSA) is 92.6 Å². The Balaban J connectivity index is 1.41. The van der Waals surface area contributed by atoms with Crippen LogP contribution in [0.25, 0.3) is 0 Å². The number of rotatable bonds is 13. The van der Waals surface area contributed by atoms with Gasteiger partial charge >= 0.3 is 0 Å². The minimum Gasteiger partial charge on any atom is -0.494 e. The van der Waals surface area contributed by atoms with Crippen molar-refractivity contribution in [1.82, 2.24) is 5.32 Å². The summed E-state index contributed by atoms with van der Waals surface area (Å²) in [5, 5.41) is 8.70. The molecule has 3 aromatic rings. The van der Waals surface area contributed by atoms with Gasteiger partial charge in [-0.25, -0.2) is 0 Å². The molecule has 0 aliphatic heterocycles. The summed E-state index contributed by atoms with van der Waals surface area (Å²) in [5.41, 5.74) is 1.88. The van der Waals surface area contributed by atoms with Gasteiger partial charge in [-0.2, -0.15) is 0 Å². The van der Waals surface area contributed by atoms with Crippen LogP contribution in [-0.4, -0.2) is 25.0 Å². The summed E-state index contributed by atoms with van der Waals surface area (Å²) in [5.74, 6) is 1.08. The van der Waals surface area contributed by atoms with Crippen LogP contribution in [0.4, 0.5) is 11.4 Å². The van der Waals surface area contributed by atoms with Gasteiger partial charge in [0.1, 0.15) is 11.5 Å². The van der Waals surface area contributed by atoms with Crippen LogP contribution >= 0.6 is 0 Å². The van der Waals surface area contributed by atoms with E-state index >= 15 is 0 Å². The van der Waals surface area contributed by atoms with Crippen LogP contribution in [-0.2, 0) is 11.3 Å². The number of carbonyl (C=O) groups is 2. The van der Waals surface area contributed by atoms with E-state index < -0.39 is 0 Å². The Hall–Kier alpha value is -3.74. The van der Waals surface area contributed by atoms with Crippen molar-refractivity contribution >= 4 is 23.2 Å². The number of anilines is 2. The van der Waals surface area contributed by atoms with Gasteiger partial charge in [0.05, 0.1) is 26.0 Å². The molecule has 0 saturated carbocycles. The lowest BCUT2D eigenvalue weighted by Crippen LogP contribution is -2.23. The van der Waals surface area contributed by atoms with Gasteiger partial charge in [-0.15, -0.1) is 0 Å². The molecule has 3 N–H and O–H groups in total. The van der Waals surface area contributed by atoms with Gasteiger partial charge in [0.2, 0.25) is 5.91 Å². The highest BCUT2D eigenvalue weighted by molar-refractivity contribution is 5.96. The average molecular weight is 450 g/mol. The van der Waals surface area contributed by atoms with Crippen LogP contribution in [0.3, 0.4) is 0 Å². The van der Waals surface area contributed by atoms with E-state index in [1.807, 2.05) is 30.3 Å². The number of carbonyl (C=O) groups excluding carboxylic acids is 2. The van der Waals surface area contributed by atoms with Crippen molar-refractivity contribution in [3.05, 3.63) is 78.3 Å². The Morgan fingerprint density at radius 2 is 1.79 bits per heavy atom. The van der Waals surface area contributed by atoms with E-state index in [0.717, 1.165) is 12.2 Å². The lowest BCUT2D eigenvalue weighted by Gasteiger charge is -2.10. The minimum absolute atomic E-state index is 0.0765. The molecule has 0 radical (unpaired) electrons. The maximum absolute atomic E-state index is 12.3. The predicted octanol–water partition coefficient (Wildman–Crippen LogP) is 5.22. The first-order chi connectivity index (χ1) is 16.1. The molecule has 0 saturated heterocycles. The van der Waals surface area contributed by atoms with Crippen LogP contribution in [0, 0.1) is 0 Å². The molecule has 0 spiro atoms. The van der Waals surface area contributed by atoms with Crippen molar-refractivity contribution in [2.24, 2.45) is 0 Å². The second-order valence-electron chi connectivity index (χ2n) is 7.68. The molecule has 7 nitrogen and oxygen atoms in total. The molecular weight excluding hydrogens is 418 g/mol. The van der Waals surface area contributed by atoms with Crippen molar-refractivity contribution in [3.8, 4) is 5.75 Å². The third-order valence-electron chi connectivity index (χ3n) is 4.99. The van der Waals surface area contributed by atoms with E-state index in [4.69, 9.17) is 9.15 Å². The molecule has 0 atom stereocenters. The Morgan fingerprint density at radius 1 is 0.939 bits per heavy atom. The average Bonchev–Trinajstić information content (AvgIpc) is 3.36. The quantitative estimate of drug-likeness (QED) is 0.311. The number of nitrogens with one attached hydrogen (secondary N) is 3. The minimum atomic E-state index is -0.216. The van der Waals surface area contributed by atoms with E-state index in [9.17, 15) is 9.59 Å². The second kappa shape index (κ2) is 13.0. The van der Waals surface area contributed by atoms with Gasteiger partial charge in [0.15, 0.2) is 0 Å². The van der Waals surface area contributed by atoms with Gasteiger partial charge in [0, 0.05) is 16.9 Å². The molecule has 0 bridgehead atoms. The number of amides is 2. The predicted molar refractivity (Wildman–Crippen MR) is 130 cm³/mol. The molecule has 0 unspecified atom stereocenters. The third-order valence-corrected chi connectivity index (χ3v) is 4.99. The third kappa shape index (κ3) is 8.37. The van der Waals surface area contributed by atoms with Crippen LogP contribution in [0.1, 0.15) is 48.7 Å². The molecule has 174 valence electrons. The van der Waals surface area contributed by atoms with Crippen molar-refractivity contribution in [3.63, 3.8) is 0 Å². The summed E-state index contributed by atoms with van der Waals surface area (Å²) < 4.78 is 10.9. The summed E-state index contributed by atoms with van der Waals surface area (Å²) in [4.78, 5) is 24.6. The van der Waals surface area contributed by atoms with E-state index in [2.05, 4.69) is 22.9 Å². The summed E-state index contributed by atoms with van der Waals surface area (Å²) in [6.07, 6.45) is 6.22. The molecule has 2 aromatic carbocycles. The summed E-state index contributed by atoms with van der Waals surface area (Å²) in [6, 6.07) is 17.9. The molecule has 7 heteroatoms. The normalized spacial score (nSPS) is 10.5. The van der Waals surface area contributed by atoms with Gasteiger partial charge in [-0.1, -0.05) is 32.3 Å². The van der Waals surface area contributed by atoms with E-state index in [1.165, 1.54) is 19.3 Å². The zero-order valence-electron chi connectivity index (χ0n) is 18.9. The van der Waals surface area contributed by atoms with E-state index in [-0.39, 0.29) is 18.4 Å². The molecule has 33 heavy (non-hydrogen) atoms. The van der Waals surface area contributed by atoms with Crippen LogP contribution in [0.15, 0.2) is 71.3 Å². The zero-order valence-corrected chi connectivity index (χ0v) is 18.9. The molecule has 1 aromatic heterocycles. The molecule has 2 amide bonds. The van der Waals surface area contributed by atoms with Gasteiger partial charge in [-0.3, -0.25) is 9.59 Å². The maximum atomic E-state index is 12.3. The Kier molecular flexibility index (Phi) is 9.39. The summed E-state index contributed by atoms with van der Waals surface area (Å²) in [7, 11) is 0. The number of ether oxygens (including phenoxy) is 1. The lowest BCUT2D eigenvalue weighted by molar-refractivity contribution is -0.114. The number of unbranched alkanes of at least 4 members (excludes halogenated alkanes) is 3. The number of hydrogen-bond acceptors (Lipinski definition) is 5. The van der Waals surface area contributed by atoms with Crippen molar-refractivity contribution < 1.29 is 18.7 Å². The van der Waals surface area contributed by atoms with Crippen molar-refractivity contribution in [1.29, 1.82) is 0 Å². The first-order valence-electron chi connectivity index (χ1n) is 11.3. The molecule has 0 fully saturated rings. The summed E-state index contributed by atoms with van der Waals surface area (Å²) >= 11 is 0. The Morgan fingerprint density at radius 3 is 2.55 bits per heavy atom. The van der Waals surface area contributed by atoms with Crippen LogP contribution in [0.5, 0.6) is 5.75 Å². The number of benzene rings is 2. The smallest absolute Gasteiger partial charge is 0.251 e. The van der Waals surface area contributed by atoms with Crippen LogP contribution < -0.4 is 20.7 Å². The molecule has 0 aliphatic rings. The van der Waals surface area contributed by atoms with E-state index in [1.54, 1.807) is 36.6 Å². The number of furan rings is 1. The van der Waals surface area contributed by atoms with Crippen LogP contribution in [0.2, 0.25) is 0 Å². The first-order valence-corrected chi connectivity index (χ1v) is 11.3. The lowest BCUT2D eigenvalue weighted by atomic mass is 10.2. The fraction of sp³-hybridized carbons (Fsp3) is 0.308. The zero-order chi connectivity index (χ0) is 23.3. The highest BCUT2D eigenvalue weighted by Crippen LogP contribution is 2.16. The fourth-order valence-corrected chi connectivity index (χ4v) is 3.19. The van der Waals surface area contributed by atoms with Gasteiger partial charge in [-0.05, 0) is 61.0 Å². The van der Waals surface area contributed by atoms with Gasteiger partial charge in [0.25, 0.3) is 5.91 Å². The fourth-order valence-electron chi connectivity index (χ4n) is 3.19. The van der Waals surface area contributed by atoms with Crippen molar-refractivity contribution in [2.45, 2.75) is 39.2 Å². The standard InChI is InChI=1S/C26H31N3O4/c1-2-3-4-5-15-32-23-13-11-21(12-14-23)29-25(30)19-27-22-9-6-8-20(17-22)26(31)28-18-24-10-7-16-33-24/h6-14,16-17,27H,2-5,15,18-19H2,1H3,(H,28,31)(H,29,30). The monoisotopic (exact) mass is 449 g/mol. The SMILES string of the molecule is CCCCCCOc1ccc(NC(=O)CNc2cccc(C(=O)NCc3ccco3)c2)cc1. The molecule has 1 heterocycles. The molecular formula is C26H31N3O4. The highest BCUT2D eigenvalue weighted by atomic mass is 16.5. The largest absolute Gasteiger partial charge is 0.494 e. The Labute approximate surface area is 194 Å². The van der Waals surface area contributed by atoms with E-state index in [0.29, 0.717) is 35.9 Å². The number of hydrogen-bond donors (Lipinski definition) is 3. The molecule has 0 aliphatic carbocycles. The maximum Gasteiger partial charge on any atom is 0.251 e. The first kappa shape index (κ1) is 23.9.